The van der Waals surface area contributed by atoms with Crippen molar-refractivity contribution >= 4 is 11.9 Å². The van der Waals surface area contributed by atoms with Crippen LogP contribution in [0.5, 0.6) is 0 Å². The number of hydrogen-bond donors (Lipinski definition) is 2. The molecule has 0 atom stereocenters. The van der Waals surface area contributed by atoms with Crippen LogP contribution >= 0.6 is 0 Å². The number of amides is 1. The van der Waals surface area contributed by atoms with E-state index < -0.39 is 11.7 Å². The largest absolute Gasteiger partial charge is 0.317 e. The fourth-order valence-corrected chi connectivity index (χ4v) is 3.56. The van der Waals surface area contributed by atoms with Gasteiger partial charge >= 0.3 is 0 Å². The molecule has 2 heterocycles. The molecule has 0 radical (unpaired) electrons. The van der Waals surface area contributed by atoms with Gasteiger partial charge in [-0.2, -0.15) is 10.1 Å². The van der Waals surface area contributed by atoms with Crippen LogP contribution in [0.25, 0.3) is 11.1 Å². The summed E-state index contributed by atoms with van der Waals surface area (Å²) in [6.07, 6.45) is 1.93. The van der Waals surface area contributed by atoms with Crippen molar-refractivity contribution in [1.82, 2.24) is 20.1 Å². The zero-order valence-corrected chi connectivity index (χ0v) is 16.6. The van der Waals surface area contributed by atoms with Crippen LogP contribution in [0.2, 0.25) is 0 Å². The Balaban J connectivity index is 1.51. The number of nitrogens with zero attached hydrogens (tertiary/aromatic N) is 3. The van der Waals surface area contributed by atoms with Crippen molar-refractivity contribution in [2.75, 3.05) is 18.4 Å². The van der Waals surface area contributed by atoms with Crippen LogP contribution < -0.4 is 10.6 Å². The number of piperidine rings is 1. The lowest BCUT2D eigenvalue weighted by Gasteiger charge is -2.19. The number of halogens is 1. The van der Waals surface area contributed by atoms with Gasteiger partial charge in [-0.15, -0.1) is 0 Å². The number of nitrogens with one attached hydrogen (secondary N) is 2. The molecule has 1 saturated heterocycles. The number of carbonyl (C=O) groups is 1. The lowest BCUT2D eigenvalue weighted by atomic mass is 9.98. The van der Waals surface area contributed by atoms with E-state index in [1.807, 2.05) is 31.2 Å². The fraction of sp³-hybridized carbons (Fsp3) is 0.318. The SMILES string of the molecule is Cc1ccc(-c2ccc(C(=O)Nc3nc(C4CCNCC4)nn3C)c(F)c2)cc1. The molecule has 4 rings (SSSR count). The molecule has 1 amide bonds. The molecule has 29 heavy (non-hydrogen) atoms. The van der Waals surface area contributed by atoms with E-state index in [1.165, 1.54) is 16.8 Å². The number of rotatable bonds is 4. The van der Waals surface area contributed by atoms with Crippen molar-refractivity contribution in [3.05, 3.63) is 65.2 Å². The topological polar surface area (TPSA) is 71.8 Å². The molecule has 150 valence electrons. The molecule has 1 aliphatic heterocycles. The van der Waals surface area contributed by atoms with E-state index in [0.717, 1.165) is 48.4 Å². The van der Waals surface area contributed by atoms with E-state index in [9.17, 15) is 9.18 Å². The van der Waals surface area contributed by atoms with E-state index in [-0.39, 0.29) is 11.5 Å². The molecule has 2 aromatic carbocycles. The summed E-state index contributed by atoms with van der Waals surface area (Å²) in [4.78, 5) is 17.1. The molecule has 0 bridgehead atoms. The van der Waals surface area contributed by atoms with Gasteiger partial charge in [-0.25, -0.2) is 9.07 Å². The third kappa shape index (κ3) is 4.19. The van der Waals surface area contributed by atoms with Crippen molar-refractivity contribution in [2.24, 2.45) is 7.05 Å². The van der Waals surface area contributed by atoms with Gasteiger partial charge in [0.15, 0.2) is 5.82 Å². The van der Waals surface area contributed by atoms with E-state index in [1.54, 1.807) is 13.1 Å². The average Bonchev–Trinajstić information content (AvgIpc) is 3.09. The zero-order chi connectivity index (χ0) is 20.4. The number of benzene rings is 2. The van der Waals surface area contributed by atoms with E-state index in [4.69, 9.17) is 0 Å². The Morgan fingerprint density at radius 3 is 2.52 bits per heavy atom. The number of anilines is 1. The van der Waals surface area contributed by atoms with Gasteiger partial charge in [0.2, 0.25) is 5.95 Å². The first kappa shape index (κ1) is 19.3. The summed E-state index contributed by atoms with van der Waals surface area (Å²) in [6, 6.07) is 12.5. The summed E-state index contributed by atoms with van der Waals surface area (Å²) in [7, 11) is 1.73. The Labute approximate surface area is 169 Å². The second-order valence-electron chi connectivity index (χ2n) is 7.46. The van der Waals surface area contributed by atoms with E-state index in [0.29, 0.717) is 5.95 Å². The van der Waals surface area contributed by atoms with Crippen LogP contribution in [-0.2, 0) is 7.05 Å². The van der Waals surface area contributed by atoms with Gasteiger partial charge in [0.25, 0.3) is 5.91 Å². The highest BCUT2D eigenvalue weighted by Gasteiger charge is 2.22. The van der Waals surface area contributed by atoms with Crippen molar-refractivity contribution in [1.29, 1.82) is 0 Å². The summed E-state index contributed by atoms with van der Waals surface area (Å²) in [5, 5.41) is 10.4. The van der Waals surface area contributed by atoms with Crippen molar-refractivity contribution < 1.29 is 9.18 Å². The molecular weight excluding hydrogens is 369 g/mol. The minimum absolute atomic E-state index is 0.0210. The molecule has 0 spiro atoms. The highest BCUT2D eigenvalue weighted by atomic mass is 19.1. The molecule has 1 aromatic heterocycles. The molecule has 7 heteroatoms. The normalized spacial score (nSPS) is 14.7. The minimum Gasteiger partial charge on any atom is -0.317 e. The van der Waals surface area contributed by atoms with Crippen LogP contribution in [0.3, 0.4) is 0 Å². The Morgan fingerprint density at radius 1 is 1.14 bits per heavy atom. The van der Waals surface area contributed by atoms with Gasteiger partial charge in [0.05, 0.1) is 5.56 Å². The molecule has 6 nitrogen and oxygen atoms in total. The maximum absolute atomic E-state index is 14.7. The van der Waals surface area contributed by atoms with Gasteiger partial charge in [0.1, 0.15) is 5.82 Å². The number of carbonyl (C=O) groups excluding carboxylic acids is 1. The summed E-state index contributed by atoms with van der Waals surface area (Å²) >= 11 is 0. The van der Waals surface area contributed by atoms with Crippen molar-refractivity contribution in [3.63, 3.8) is 0 Å². The van der Waals surface area contributed by atoms with Crippen LogP contribution in [0.1, 0.15) is 40.5 Å². The van der Waals surface area contributed by atoms with Crippen LogP contribution in [-0.4, -0.2) is 33.8 Å². The monoisotopic (exact) mass is 393 g/mol. The third-order valence-electron chi connectivity index (χ3n) is 5.31. The highest BCUT2D eigenvalue weighted by Crippen LogP contribution is 2.25. The van der Waals surface area contributed by atoms with Crippen LogP contribution in [0.15, 0.2) is 42.5 Å². The van der Waals surface area contributed by atoms with Gasteiger partial charge in [-0.1, -0.05) is 35.9 Å². The number of aromatic nitrogens is 3. The maximum atomic E-state index is 14.7. The standard InChI is InChI=1S/C22H24FN5O/c1-14-3-5-15(6-4-14)17-7-8-18(19(23)13-17)21(29)26-22-25-20(27-28(22)2)16-9-11-24-12-10-16/h3-8,13,16,24H,9-12H2,1-2H3,(H,25,26,27,29). The number of aryl methyl sites for hydroxylation is 2. The fourth-order valence-electron chi connectivity index (χ4n) is 3.56. The first-order valence-electron chi connectivity index (χ1n) is 9.81. The maximum Gasteiger partial charge on any atom is 0.260 e. The molecule has 1 aliphatic rings. The molecule has 1 fully saturated rings. The quantitative estimate of drug-likeness (QED) is 0.710. The van der Waals surface area contributed by atoms with Gasteiger partial charge < -0.3 is 5.32 Å². The van der Waals surface area contributed by atoms with E-state index in [2.05, 4.69) is 20.7 Å². The summed E-state index contributed by atoms with van der Waals surface area (Å²) in [5.41, 5.74) is 2.75. The lowest BCUT2D eigenvalue weighted by molar-refractivity contribution is 0.102. The molecule has 0 saturated carbocycles. The lowest BCUT2D eigenvalue weighted by Crippen LogP contribution is -2.27. The van der Waals surface area contributed by atoms with Crippen molar-refractivity contribution in [2.45, 2.75) is 25.7 Å². The first-order chi connectivity index (χ1) is 14.0. The smallest absolute Gasteiger partial charge is 0.260 e. The second-order valence-corrected chi connectivity index (χ2v) is 7.46. The molecule has 3 aromatic rings. The summed E-state index contributed by atoms with van der Waals surface area (Å²) in [6.45, 7) is 3.87. The Morgan fingerprint density at radius 2 is 1.83 bits per heavy atom. The van der Waals surface area contributed by atoms with Crippen LogP contribution in [0, 0.1) is 12.7 Å². The van der Waals surface area contributed by atoms with E-state index >= 15 is 0 Å². The Hall–Kier alpha value is -3.06. The minimum atomic E-state index is -0.568. The van der Waals surface area contributed by atoms with Gasteiger partial charge in [-0.05, 0) is 56.1 Å². The summed E-state index contributed by atoms with van der Waals surface area (Å²) < 4.78 is 16.2. The first-order valence-corrected chi connectivity index (χ1v) is 9.81. The zero-order valence-electron chi connectivity index (χ0n) is 16.6. The molecule has 0 aliphatic carbocycles. The van der Waals surface area contributed by atoms with Crippen molar-refractivity contribution in [3.8, 4) is 11.1 Å². The van der Waals surface area contributed by atoms with Gasteiger partial charge in [0, 0.05) is 13.0 Å². The van der Waals surface area contributed by atoms with Gasteiger partial charge in [-0.3, -0.25) is 10.1 Å². The molecule has 2 N–H and O–H groups in total. The summed E-state index contributed by atoms with van der Waals surface area (Å²) in [5.74, 6) is 0.218. The average molecular weight is 393 g/mol. The molecular formula is C22H24FN5O. The Kier molecular flexibility index (Phi) is 5.40. The second kappa shape index (κ2) is 8.13. The predicted octanol–water partition coefficient (Wildman–Crippen LogP) is 3.65. The third-order valence-corrected chi connectivity index (χ3v) is 5.31. The van der Waals surface area contributed by atoms with Crippen LogP contribution in [0.4, 0.5) is 10.3 Å². The molecule has 0 unspecified atom stereocenters. The highest BCUT2D eigenvalue weighted by molar-refractivity contribution is 6.03. The number of hydrogen-bond acceptors (Lipinski definition) is 4. The predicted molar refractivity (Wildman–Crippen MR) is 110 cm³/mol. The Bertz CT molecular complexity index is 1020.